The predicted octanol–water partition coefficient (Wildman–Crippen LogP) is 7.57. The first-order chi connectivity index (χ1) is 31.8. The van der Waals surface area contributed by atoms with Crippen LogP contribution in [0.1, 0.15) is 101 Å². The fraction of sp³-hybridized carbons (Fsp3) is 0.472. The quantitative estimate of drug-likeness (QED) is 0.0784. The van der Waals surface area contributed by atoms with E-state index in [0.717, 1.165) is 6.92 Å². The lowest BCUT2D eigenvalue weighted by Crippen LogP contribution is -2.78. The molecule has 1 heterocycles. The third-order valence-corrected chi connectivity index (χ3v) is 19.5. The van der Waals surface area contributed by atoms with E-state index >= 15 is 9.59 Å². The summed E-state index contributed by atoms with van der Waals surface area (Å²) in [6, 6.07) is 24.5. The SMILES string of the molecule is CC(=O)O[C@H]1C(=O)[C@]2(C)C=C[C@H]3OC[C@@]3(OC(C)=O)C2[C@H](OC(=O)c2ccccc2)[C@]2(O)C[C@H](OC(=O)[C@H](O[Si](C)(C)C(C)(C)C)[C@@H](NC(=O)c3ccccc3)c3ccccc3)C(C)=C1C2(C)C. The van der Waals surface area contributed by atoms with Crippen molar-refractivity contribution in [2.75, 3.05) is 6.61 Å². The number of rotatable bonds is 12. The molecule has 3 aromatic carbocycles. The van der Waals surface area contributed by atoms with Crippen LogP contribution in [-0.2, 0) is 47.3 Å². The van der Waals surface area contributed by atoms with Gasteiger partial charge in [-0.3, -0.25) is 19.2 Å². The van der Waals surface area contributed by atoms with Crippen LogP contribution in [0.25, 0.3) is 0 Å². The van der Waals surface area contributed by atoms with Crippen molar-refractivity contribution < 1.29 is 62.0 Å². The Morgan fingerprint density at radius 1 is 0.824 bits per heavy atom. The Morgan fingerprint density at radius 2 is 1.40 bits per heavy atom. The Hall–Kier alpha value is -5.74. The maximum Gasteiger partial charge on any atom is 0.338 e. The van der Waals surface area contributed by atoms with Crippen molar-refractivity contribution >= 4 is 43.9 Å². The molecule has 68 heavy (non-hydrogen) atoms. The average Bonchev–Trinajstić information content (AvgIpc) is 3.27. The molecule has 4 aliphatic rings. The minimum absolute atomic E-state index is 0.130. The highest BCUT2D eigenvalue weighted by Crippen LogP contribution is 2.63. The minimum Gasteiger partial charge on any atom is -0.456 e. The molecular formula is C53H63NO13Si. The Bertz CT molecular complexity index is 2520. The number of Topliss-reactive ketones (excluding diaryl/α,β-unsaturated/α-hetero) is 1. The molecule has 2 bridgehead atoms. The number of ether oxygens (including phenoxy) is 5. The summed E-state index contributed by atoms with van der Waals surface area (Å²) in [5, 5.41) is 16.6. The fourth-order valence-electron chi connectivity index (χ4n) is 10.3. The van der Waals surface area contributed by atoms with Crippen LogP contribution in [0.3, 0.4) is 0 Å². The number of aliphatic hydroxyl groups is 1. The third-order valence-electron chi connectivity index (χ3n) is 15.1. The zero-order valence-electron chi connectivity index (χ0n) is 40.6. The van der Waals surface area contributed by atoms with E-state index in [1.165, 1.54) is 6.92 Å². The zero-order valence-corrected chi connectivity index (χ0v) is 41.6. The van der Waals surface area contributed by atoms with Gasteiger partial charge in [0.15, 0.2) is 31.9 Å². The molecule has 1 amide bonds. The number of carbonyl (C=O) groups excluding carboxylic acids is 6. The molecule has 0 aromatic heterocycles. The summed E-state index contributed by atoms with van der Waals surface area (Å²) >= 11 is 0. The normalized spacial score (nSPS) is 29.3. The first-order valence-corrected chi connectivity index (χ1v) is 25.9. The average molecular weight is 950 g/mol. The molecule has 7 rings (SSSR count). The zero-order chi connectivity index (χ0) is 49.8. The number of fused-ring (bicyclic) bond motifs is 5. The summed E-state index contributed by atoms with van der Waals surface area (Å²) in [5.41, 5.74) is -5.81. The summed E-state index contributed by atoms with van der Waals surface area (Å²) in [7, 11) is -2.91. The Labute approximate surface area is 398 Å². The molecule has 2 fully saturated rings. The van der Waals surface area contributed by atoms with E-state index in [1.807, 2.05) is 39.9 Å². The number of allylic oxidation sites excluding steroid dienone is 1. The highest BCUT2D eigenvalue weighted by atomic mass is 28.4. The van der Waals surface area contributed by atoms with E-state index in [0.29, 0.717) is 16.7 Å². The summed E-state index contributed by atoms with van der Waals surface area (Å²) in [6.07, 6.45) is -4.38. The number of hydrogen-bond donors (Lipinski definition) is 2. The Kier molecular flexibility index (Phi) is 13.5. The molecule has 15 heteroatoms. The van der Waals surface area contributed by atoms with Crippen LogP contribution in [0, 0.1) is 16.7 Å². The lowest BCUT2D eigenvalue weighted by molar-refractivity contribution is -0.306. The van der Waals surface area contributed by atoms with Crippen LogP contribution >= 0.6 is 0 Å². The Balaban J connectivity index is 1.43. The van der Waals surface area contributed by atoms with Gasteiger partial charge in [0.2, 0.25) is 0 Å². The molecule has 3 aromatic rings. The topological polar surface area (TPSA) is 190 Å². The van der Waals surface area contributed by atoms with Gasteiger partial charge in [0.25, 0.3) is 5.91 Å². The van der Waals surface area contributed by atoms with Gasteiger partial charge in [-0.05, 0) is 73.0 Å². The second-order valence-corrected chi connectivity index (χ2v) is 25.5. The molecule has 0 radical (unpaired) electrons. The van der Waals surface area contributed by atoms with Crippen LogP contribution in [-0.4, -0.2) is 97.3 Å². The van der Waals surface area contributed by atoms with Gasteiger partial charge in [-0.2, -0.15) is 0 Å². The summed E-state index contributed by atoms with van der Waals surface area (Å²) in [4.78, 5) is 85.9. The summed E-state index contributed by atoms with van der Waals surface area (Å²) in [5.74, 6) is -5.75. The summed E-state index contributed by atoms with van der Waals surface area (Å²) < 4.78 is 38.3. The van der Waals surface area contributed by atoms with E-state index in [2.05, 4.69) is 5.32 Å². The van der Waals surface area contributed by atoms with Crippen molar-refractivity contribution in [3.8, 4) is 0 Å². The van der Waals surface area contributed by atoms with E-state index in [-0.39, 0.29) is 17.7 Å². The number of nitrogens with one attached hydrogen (secondary N) is 1. The highest BCUT2D eigenvalue weighted by Gasteiger charge is 2.75. The molecule has 1 saturated heterocycles. The number of ketones is 1. The molecule has 1 unspecified atom stereocenters. The van der Waals surface area contributed by atoms with E-state index in [1.54, 1.807) is 125 Å². The minimum atomic E-state index is -2.91. The van der Waals surface area contributed by atoms with E-state index < -0.39 is 120 Å². The maximum absolute atomic E-state index is 15.7. The van der Waals surface area contributed by atoms with Crippen molar-refractivity contribution in [3.05, 3.63) is 131 Å². The molecular weight excluding hydrogens is 887 g/mol. The maximum atomic E-state index is 15.7. The van der Waals surface area contributed by atoms with Gasteiger partial charge in [-0.25, -0.2) is 9.59 Å². The second-order valence-electron chi connectivity index (χ2n) is 20.7. The van der Waals surface area contributed by atoms with Gasteiger partial charge >= 0.3 is 23.9 Å². The number of hydrogen-bond acceptors (Lipinski definition) is 13. The van der Waals surface area contributed by atoms with Crippen LogP contribution < -0.4 is 5.32 Å². The van der Waals surface area contributed by atoms with Crippen molar-refractivity contribution in [3.63, 3.8) is 0 Å². The molecule has 0 spiro atoms. The van der Waals surface area contributed by atoms with Gasteiger partial charge in [0.05, 0.1) is 29.5 Å². The predicted molar refractivity (Wildman–Crippen MR) is 252 cm³/mol. The second kappa shape index (κ2) is 18.3. The van der Waals surface area contributed by atoms with Gasteiger partial charge in [0.1, 0.15) is 23.9 Å². The van der Waals surface area contributed by atoms with Crippen molar-refractivity contribution in [1.82, 2.24) is 5.32 Å². The monoisotopic (exact) mass is 949 g/mol. The van der Waals surface area contributed by atoms with Crippen molar-refractivity contribution in [1.29, 1.82) is 0 Å². The van der Waals surface area contributed by atoms with Gasteiger partial charge in [-0.1, -0.05) is 114 Å². The molecule has 10 atom stereocenters. The molecule has 3 aliphatic carbocycles. The number of benzene rings is 3. The first-order valence-electron chi connectivity index (χ1n) is 23.0. The summed E-state index contributed by atoms with van der Waals surface area (Å²) in [6.45, 7) is 18.7. The molecule has 1 aliphatic heterocycles. The molecule has 362 valence electrons. The lowest BCUT2D eigenvalue weighted by atomic mass is 9.46. The smallest absolute Gasteiger partial charge is 0.338 e. The number of esters is 4. The van der Waals surface area contributed by atoms with Gasteiger partial charge in [-0.15, -0.1) is 0 Å². The van der Waals surface area contributed by atoms with E-state index in [9.17, 15) is 24.3 Å². The van der Waals surface area contributed by atoms with Crippen molar-refractivity contribution in [2.24, 2.45) is 16.7 Å². The largest absolute Gasteiger partial charge is 0.456 e. The standard InChI is InChI=1S/C53H63NO13Si/c1-31-37(64-48(60)42(67-68(10,11)49(4,5)6)40(34-21-15-12-16-22-34)54-46(58)35-23-17-13-18-24-35)29-53(61)45(65-47(59)36-25-19-14-20-26-36)43-51(9,28-27-38-52(43,30-62-38)66-33(3)56)44(57)41(63-32(2)55)39(31)50(53,7)8/h12-28,37-38,40-43,45,61H,29-30H2,1-11H3,(H,54,58)/t37-,38+,40-,41+,42+,43?,45-,51+,52-,53+/m0/s1. The highest BCUT2D eigenvalue weighted by molar-refractivity contribution is 6.74. The van der Waals surface area contributed by atoms with Crippen LogP contribution in [0.2, 0.25) is 18.1 Å². The number of amides is 1. The fourth-order valence-corrected chi connectivity index (χ4v) is 11.6. The molecule has 14 nitrogen and oxygen atoms in total. The third kappa shape index (κ3) is 8.78. The molecule has 1 saturated carbocycles. The lowest BCUT2D eigenvalue weighted by Gasteiger charge is -2.65. The Morgan fingerprint density at radius 3 is 1.93 bits per heavy atom. The van der Waals surface area contributed by atoms with Gasteiger partial charge < -0.3 is 38.5 Å². The van der Waals surface area contributed by atoms with Crippen LogP contribution in [0.15, 0.2) is 114 Å². The van der Waals surface area contributed by atoms with Crippen LogP contribution in [0.4, 0.5) is 0 Å². The van der Waals surface area contributed by atoms with Crippen molar-refractivity contribution in [2.45, 2.75) is 135 Å². The van der Waals surface area contributed by atoms with E-state index in [4.69, 9.17) is 28.1 Å². The van der Waals surface area contributed by atoms with Crippen LogP contribution in [0.5, 0.6) is 0 Å². The number of carbonyl (C=O) groups is 6. The molecule has 2 N–H and O–H groups in total. The van der Waals surface area contributed by atoms with Gasteiger partial charge in [0, 0.05) is 31.2 Å². The first kappa shape index (κ1) is 50.1.